The van der Waals surface area contributed by atoms with E-state index in [-0.39, 0.29) is 11.9 Å². The molecular formula is C18H18ClN3O2. The molecule has 6 heteroatoms. The Hall–Kier alpha value is -2.11. The molecular weight excluding hydrogens is 326 g/mol. The summed E-state index contributed by atoms with van der Waals surface area (Å²) < 4.78 is 5.68. The maximum absolute atomic E-state index is 12.4. The molecule has 1 aliphatic carbocycles. The van der Waals surface area contributed by atoms with Crippen LogP contribution in [0.3, 0.4) is 0 Å². The lowest BCUT2D eigenvalue weighted by atomic mass is 10.1. The smallest absolute Gasteiger partial charge is 0.251 e. The zero-order valence-electron chi connectivity index (χ0n) is 13.0. The molecule has 3 atom stereocenters. The first-order valence-corrected chi connectivity index (χ1v) is 8.49. The summed E-state index contributed by atoms with van der Waals surface area (Å²) in [6.07, 6.45) is 3.81. The predicted molar refractivity (Wildman–Crippen MR) is 91.5 cm³/mol. The number of pyridine rings is 1. The van der Waals surface area contributed by atoms with Gasteiger partial charge < -0.3 is 15.4 Å². The number of aromatic nitrogens is 1. The Morgan fingerprint density at radius 2 is 1.96 bits per heavy atom. The quantitative estimate of drug-likeness (QED) is 0.838. The van der Waals surface area contributed by atoms with Crippen molar-refractivity contribution >= 4 is 17.5 Å². The highest BCUT2D eigenvalue weighted by molar-refractivity contribution is 6.29. The second-order valence-corrected chi connectivity index (χ2v) is 6.76. The van der Waals surface area contributed by atoms with Gasteiger partial charge in [0.05, 0.1) is 6.20 Å². The Bertz CT molecular complexity index is 733. The van der Waals surface area contributed by atoms with E-state index in [1.54, 1.807) is 42.6 Å². The second kappa shape index (κ2) is 6.42. The number of hydrogen-bond donors (Lipinski definition) is 2. The molecule has 1 aliphatic heterocycles. The Kier molecular flexibility index (Phi) is 4.12. The number of nitrogens with one attached hydrogen (secondary N) is 2. The standard InChI is InChI=1S/C18H18ClN3O2/c19-17-6-5-14(10-21-17)24-13-3-1-12(2-4-13)18(23)22-16-8-11-7-15(16)20-9-11/h1-6,10-11,15-16,20H,7-9H2,(H,22,23). The van der Waals surface area contributed by atoms with Gasteiger partial charge in [0.15, 0.2) is 0 Å². The van der Waals surface area contributed by atoms with Crippen LogP contribution in [0, 0.1) is 5.92 Å². The van der Waals surface area contributed by atoms with E-state index < -0.39 is 0 Å². The minimum absolute atomic E-state index is 0.0333. The summed E-state index contributed by atoms with van der Waals surface area (Å²) in [6.45, 7) is 1.09. The van der Waals surface area contributed by atoms with E-state index in [4.69, 9.17) is 16.3 Å². The summed E-state index contributed by atoms with van der Waals surface area (Å²) in [7, 11) is 0. The average molecular weight is 344 g/mol. The minimum Gasteiger partial charge on any atom is -0.456 e. The van der Waals surface area contributed by atoms with E-state index in [1.807, 2.05) is 0 Å². The van der Waals surface area contributed by atoms with Crippen molar-refractivity contribution in [3.8, 4) is 11.5 Å². The molecule has 2 N–H and O–H groups in total. The van der Waals surface area contributed by atoms with Crippen LogP contribution in [0.1, 0.15) is 23.2 Å². The normalized spacial score (nSPS) is 24.8. The van der Waals surface area contributed by atoms with Crippen molar-refractivity contribution in [1.82, 2.24) is 15.6 Å². The molecule has 3 unspecified atom stereocenters. The van der Waals surface area contributed by atoms with Crippen molar-refractivity contribution in [3.05, 3.63) is 53.3 Å². The summed E-state index contributed by atoms with van der Waals surface area (Å²) in [5.74, 6) is 1.93. The van der Waals surface area contributed by atoms with Crippen molar-refractivity contribution in [3.63, 3.8) is 0 Å². The van der Waals surface area contributed by atoms with Crippen LogP contribution in [0.5, 0.6) is 11.5 Å². The van der Waals surface area contributed by atoms with Crippen LogP contribution in [0.4, 0.5) is 0 Å². The number of piperidine rings is 1. The van der Waals surface area contributed by atoms with Gasteiger partial charge in [-0.2, -0.15) is 0 Å². The molecule has 2 bridgehead atoms. The number of carbonyl (C=O) groups excluding carboxylic acids is 1. The highest BCUT2D eigenvalue weighted by Gasteiger charge is 2.39. The summed E-state index contributed by atoms with van der Waals surface area (Å²) in [4.78, 5) is 16.3. The molecule has 24 heavy (non-hydrogen) atoms. The van der Waals surface area contributed by atoms with E-state index in [9.17, 15) is 4.79 Å². The fourth-order valence-electron chi connectivity index (χ4n) is 3.50. The molecule has 0 radical (unpaired) electrons. The predicted octanol–water partition coefficient (Wildman–Crippen LogP) is 3.01. The monoisotopic (exact) mass is 343 g/mol. The average Bonchev–Trinajstić information content (AvgIpc) is 3.20. The molecule has 1 aromatic carbocycles. The molecule has 2 heterocycles. The number of benzene rings is 1. The lowest BCUT2D eigenvalue weighted by Gasteiger charge is -2.24. The van der Waals surface area contributed by atoms with Crippen LogP contribution in [-0.4, -0.2) is 29.5 Å². The molecule has 0 spiro atoms. The van der Waals surface area contributed by atoms with Gasteiger partial charge in [-0.15, -0.1) is 0 Å². The maximum Gasteiger partial charge on any atom is 0.251 e. The lowest BCUT2D eigenvalue weighted by Crippen LogP contribution is -2.47. The van der Waals surface area contributed by atoms with Crippen LogP contribution in [0.25, 0.3) is 0 Å². The number of halogens is 1. The zero-order chi connectivity index (χ0) is 16.5. The Labute approximate surface area is 145 Å². The van der Waals surface area contributed by atoms with Gasteiger partial charge >= 0.3 is 0 Å². The van der Waals surface area contributed by atoms with Crippen molar-refractivity contribution in [1.29, 1.82) is 0 Å². The third kappa shape index (κ3) is 3.23. The first-order valence-electron chi connectivity index (χ1n) is 8.11. The number of ether oxygens (including phenoxy) is 1. The van der Waals surface area contributed by atoms with Gasteiger partial charge in [-0.25, -0.2) is 4.98 Å². The summed E-state index contributed by atoms with van der Waals surface area (Å²) >= 11 is 5.75. The van der Waals surface area contributed by atoms with Gasteiger partial charge in [-0.1, -0.05) is 11.6 Å². The number of rotatable bonds is 4. The number of carbonyl (C=O) groups is 1. The van der Waals surface area contributed by atoms with Gasteiger partial charge in [0.1, 0.15) is 16.7 Å². The van der Waals surface area contributed by atoms with Gasteiger partial charge in [0.2, 0.25) is 0 Å². The second-order valence-electron chi connectivity index (χ2n) is 6.38. The topological polar surface area (TPSA) is 63.2 Å². The molecule has 5 nitrogen and oxygen atoms in total. The molecule has 2 fully saturated rings. The van der Waals surface area contributed by atoms with E-state index >= 15 is 0 Å². The molecule has 1 aromatic heterocycles. The van der Waals surface area contributed by atoms with Crippen LogP contribution < -0.4 is 15.4 Å². The third-order valence-electron chi connectivity index (χ3n) is 4.70. The molecule has 1 saturated carbocycles. The first kappa shape index (κ1) is 15.4. The van der Waals surface area contributed by atoms with Crippen molar-refractivity contribution in [2.75, 3.05) is 6.54 Å². The van der Waals surface area contributed by atoms with Crippen LogP contribution in [0.15, 0.2) is 42.6 Å². The zero-order valence-corrected chi connectivity index (χ0v) is 13.8. The Balaban J connectivity index is 1.38. The SMILES string of the molecule is O=C(NC1CC2CNC1C2)c1ccc(Oc2ccc(Cl)nc2)cc1. The highest BCUT2D eigenvalue weighted by atomic mass is 35.5. The van der Waals surface area contributed by atoms with E-state index in [2.05, 4.69) is 15.6 Å². The molecule has 124 valence electrons. The Morgan fingerprint density at radius 1 is 1.17 bits per heavy atom. The van der Waals surface area contributed by atoms with Crippen LogP contribution in [-0.2, 0) is 0 Å². The van der Waals surface area contributed by atoms with E-state index in [1.165, 1.54) is 6.42 Å². The van der Waals surface area contributed by atoms with Gasteiger partial charge in [0.25, 0.3) is 5.91 Å². The summed E-state index contributed by atoms with van der Waals surface area (Å²) in [5, 5.41) is 7.01. The Morgan fingerprint density at radius 3 is 2.58 bits per heavy atom. The summed E-state index contributed by atoms with van der Waals surface area (Å²) in [6, 6.07) is 11.2. The van der Waals surface area contributed by atoms with Crippen LogP contribution in [0.2, 0.25) is 5.15 Å². The van der Waals surface area contributed by atoms with Crippen molar-refractivity contribution in [2.45, 2.75) is 24.9 Å². The fourth-order valence-corrected chi connectivity index (χ4v) is 3.61. The van der Waals surface area contributed by atoms with E-state index in [0.717, 1.165) is 13.0 Å². The van der Waals surface area contributed by atoms with Crippen LogP contribution >= 0.6 is 11.6 Å². The number of nitrogens with zero attached hydrogens (tertiary/aromatic N) is 1. The summed E-state index contributed by atoms with van der Waals surface area (Å²) in [5.41, 5.74) is 0.638. The number of fused-ring (bicyclic) bond motifs is 2. The van der Waals surface area contributed by atoms with Gasteiger partial charge in [0, 0.05) is 17.6 Å². The van der Waals surface area contributed by atoms with Gasteiger partial charge in [-0.05, 0) is 61.7 Å². The molecule has 2 aliphatic rings. The number of hydrogen-bond acceptors (Lipinski definition) is 4. The third-order valence-corrected chi connectivity index (χ3v) is 4.92. The molecule has 1 amide bonds. The largest absolute Gasteiger partial charge is 0.456 e. The molecule has 4 rings (SSSR count). The maximum atomic E-state index is 12.4. The van der Waals surface area contributed by atoms with Gasteiger partial charge in [-0.3, -0.25) is 4.79 Å². The van der Waals surface area contributed by atoms with Crippen molar-refractivity contribution in [2.24, 2.45) is 5.92 Å². The minimum atomic E-state index is -0.0333. The highest BCUT2D eigenvalue weighted by Crippen LogP contribution is 2.31. The molecule has 2 aromatic rings. The fraction of sp³-hybridized carbons (Fsp3) is 0.333. The molecule has 1 saturated heterocycles. The van der Waals surface area contributed by atoms with Crippen molar-refractivity contribution < 1.29 is 9.53 Å². The lowest BCUT2D eigenvalue weighted by molar-refractivity contribution is 0.0928. The first-order chi connectivity index (χ1) is 11.7. The number of amides is 1. The van der Waals surface area contributed by atoms with E-state index in [0.29, 0.717) is 34.2 Å².